The lowest BCUT2D eigenvalue weighted by molar-refractivity contribution is 0.0956. The molecule has 9 heteroatoms. The molecule has 0 saturated carbocycles. The third kappa shape index (κ3) is 5.57. The van der Waals surface area contributed by atoms with Crippen LogP contribution in [0.3, 0.4) is 0 Å². The predicted octanol–water partition coefficient (Wildman–Crippen LogP) is 4.89. The van der Waals surface area contributed by atoms with Crippen LogP contribution in [-0.2, 0) is 15.8 Å². The summed E-state index contributed by atoms with van der Waals surface area (Å²) in [6.07, 6.45) is 0. The Balaban J connectivity index is 1.49. The summed E-state index contributed by atoms with van der Waals surface area (Å²) in [6, 6.07) is 17.5. The molecule has 3 aromatic rings. The molecule has 5 nitrogen and oxygen atoms in total. The Morgan fingerprint density at radius 1 is 1.10 bits per heavy atom. The molecule has 0 spiro atoms. The number of thioether (sulfide) groups is 1. The number of nitrogens with zero attached hydrogens (tertiary/aromatic N) is 1. The van der Waals surface area contributed by atoms with Crippen LogP contribution in [-0.4, -0.2) is 33.7 Å². The second-order valence-electron chi connectivity index (χ2n) is 6.35. The van der Waals surface area contributed by atoms with Gasteiger partial charge in [0, 0.05) is 35.7 Å². The number of carbonyl (C=O) groups is 1. The summed E-state index contributed by atoms with van der Waals surface area (Å²) >= 11 is 9.00. The molecule has 0 bridgehead atoms. The van der Waals surface area contributed by atoms with Crippen molar-refractivity contribution in [3.8, 4) is 0 Å². The van der Waals surface area contributed by atoms with E-state index in [1.165, 1.54) is 22.7 Å². The van der Waals surface area contributed by atoms with Crippen molar-refractivity contribution >= 4 is 56.3 Å². The van der Waals surface area contributed by atoms with E-state index in [4.69, 9.17) is 11.6 Å². The number of hydrogen-bond donors (Lipinski definition) is 1. The number of nitrogens with one attached hydrogen (secondary N) is 1. The van der Waals surface area contributed by atoms with Gasteiger partial charge >= 0.3 is 0 Å². The number of amides is 1. The largest absolute Gasteiger partial charge is 0.351 e. The molecule has 0 unspecified atom stereocenters. The summed E-state index contributed by atoms with van der Waals surface area (Å²) in [7, 11) is -2.09. The van der Waals surface area contributed by atoms with Gasteiger partial charge in [-0.05, 0) is 47.3 Å². The fourth-order valence-corrected chi connectivity index (χ4v) is 6.14. The third-order valence-corrected chi connectivity index (χ3v) is 8.89. The first kappa shape index (κ1) is 22.7. The zero-order valence-corrected chi connectivity index (χ0v) is 19.5. The van der Waals surface area contributed by atoms with Gasteiger partial charge in [0.1, 0.15) is 4.21 Å². The minimum absolute atomic E-state index is 0.191. The highest BCUT2D eigenvalue weighted by Crippen LogP contribution is 2.25. The maximum atomic E-state index is 12.6. The lowest BCUT2D eigenvalue weighted by Gasteiger charge is -2.18. The summed E-state index contributed by atoms with van der Waals surface area (Å²) in [5.41, 5.74) is 2.06. The van der Waals surface area contributed by atoms with Crippen LogP contribution in [0, 0.1) is 0 Å². The number of carbonyl (C=O) groups excluding carboxylic acids is 1. The van der Waals surface area contributed by atoms with E-state index in [-0.39, 0.29) is 10.1 Å². The average molecular weight is 481 g/mol. The maximum absolute atomic E-state index is 12.6. The van der Waals surface area contributed by atoms with Crippen LogP contribution in [0.2, 0.25) is 5.02 Å². The lowest BCUT2D eigenvalue weighted by Crippen LogP contribution is -2.27. The van der Waals surface area contributed by atoms with Crippen LogP contribution < -0.4 is 9.62 Å². The standard InChI is InChI=1S/C21H21ClN2O3S3/c1-24(30(26,27)20-7-4-13-29-20)18-10-8-16(9-11-18)21(25)23-12-14-28-15-17-5-2-3-6-19(17)22/h2-11,13H,12,14-15H2,1H3,(H,23,25). The Morgan fingerprint density at radius 3 is 2.50 bits per heavy atom. The zero-order valence-electron chi connectivity index (χ0n) is 16.2. The van der Waals surface area contributed by atoms with Crippen LogP contribution >= 0.6 is 34.7 Å². The fourth-order valence-electron chi connectivity index (χ4n) is 2.64. The molecular weight excluding hydrogens is 460 g/mol. The second kappa shape index (κ2) is 10.3. The van der Waals surface area contributed by atoms with E-state index < -0.39 is 10.0 Å². The number of hydrogen-bond acceptors (Lipinski definition) is 5. The molecule has 0 aliphatic rings. The SMILES string of the molecule is CN(c1ccc(C(=O)NCCSCc2ccccc2Cl)cc1)S(=O)(=O)c1cccs1. The van der Waals surface area contributed by atoms with Gasteiger partial charge in [-0.1, -0.05) is 35.9 Å². The van der Waals surface area contributed by atoms with E-state index in [1.807, 2.05) is 24.3 Å². The van der Waals surface area contributed by atoms with Gasteiger partial charge in [-0.2, -0.15) is 11.8 Å². The number of anilines is 1. The van der Waals surface area contributed by atoms with E-state index >= 15 is 0 Å². The minimum atomic E-state index is -3.59. The molecule has 0 fully saturated rings. The Morgan fingerprint density at radius 2 is 1.83 bits per heavy atom. The van der Waals surface area contributed by atoms with Gasteiger partial charge in [0.05, 0.1) is 5.69 Å². The highest BCUT2D eigenvalue weighted by Gasteiger charge is 2.22. The summed E-state index contributed by atoms with van der Waals surface area (Å²) < 4.78 is 26.7. The fraction of sp³-hybridized carbons (Fsp3) is 0.190. The molecule has 30 heavy (non-hydrogen) atoms. The number of halogens is 1. The van der Waals surface area contributed by atoms with Crippen LogP contribution in [0.5, 0.6) is 0 Å². The van der Waals surface area contributed by atoms with Gasteiger partial charge in [-0.25, -0.2) is 8.42 Å². The zero-order chi connectivity index (χ0) is 21.6. The molecule has 1 N–H and O–H groups in total. The number of rotatable bonds is 9. The normalized spacial score (nSPS) is 11.3. The first-order chi connectivity index (χ1) is 14.4. The summed E-state index contributed by atoms with van der Waals surface area (Å²) in [5, 5.41) is 5.35. The highest BCUT2D eigenvalue weighted by atomic mass is 35.5. The third-order valence-electron chi connectivity index (χ3n) is 4.35. The van der Waals surface area contributed by atoms with Crippen LogP contribution in [0.15, 0.2) is 70.3 Å². The van der Waals surface area contributed by atoms with E-state index in [9.17, 15) is 13.2 Å². The second-order valence-corrected chi connectivity index (χ2v) is 11.0. The molecule has 1 heterocycles. The van der Waals surface area contributed by atoms with Crippen LogP contribution in [0.4, 0.5) is 5.69 Å². The molecule has 0 saturated heterocycles. The Bertz CT molecular complexity index is 1080. The molecule has 1 aromatic heterocycles. The van der Waals surface area contributed by atoms with Crippen molar-refractivity contribution in [2.24, 2.45) is 0 Å². The summed E-state index contributed by atoms with van der Waals surface area (Å²) in [6.45, 7) is 0.530. The van der Waals surface area contributed by atoms with Gasteiger partial charge in [0.15, 0.2) is 0 Å². The Labute approximate surface area is 190 Å². The monoisotopic (exact) mass is 480 g/mol. The van der Waals surface area contributed by atoms with E-state index in [1.54, 1.807) is 53.5 Å². The van der Waals surface area contributed by atoms with Crippen molar-refractivity contribution in [3.05, 3.63) is 82.2 Å². The van der Waals surface area contributed by atoms with E-state index in [2.05, 4.69) is 5.32 Å². The number of benzene rings is 2. The average Bonchev–Trinajstić information content (AvgIpc) is 3.30. The van der Waals surface area contributed by atoms with Gasteiger partial charge < -0.3 is 5.32 Å². The molecule has 158 valence electrons. The topological polar surface area (TPSA) is 66.5 Å². The van der Waals surface area contributed by atoms with Crippen molar-refractivity contribution in [2.75, 3.05) is 23.7 Å². The van der Waals surface area contributed by atoms with Gasteiger partial charge in [0.25, 0.3) is 15.9 Å². The van der Waals surface area contributed by atoms with Crippen molar-refractivity contribution in [3.63, 3.8) is 0 Å². The van der Waals surface area contributed by atoms with Crippen LogP contribution in [0.25, 0.3) is 0 Å². The van der Waals surface area contributed by atoms with Crippen molar-refractivity contribution < 1.29 is 13.2 Å². The molecule has 0 atom stereocenters. The minimum Gasteiger partial charge on any atom is -0.351 e. The molecule has 3 rings (SSSR count). The summed E-state index contributed by atoms with van der Waals surface area (Å²) in [4.78, 5) is 12.3. The molecule has 0 aliphatic carbocycles. The quantitative estimate of drug-likeness (QED) is 0.443. The molecular formula is C21H21ClN2O3S3. The molecule has 1 amide bonds. The first-order valence-corrected chi connectivity index (χ1v) is 13.0. The number of sulfonamides is 1. The lowest BCUT2D eigenvalue weighted by atomic mass is 10.2. The van der Waals surface area contributed by atoms with E-state index in [0.29, 0.717) is 17.8 Å². The van der Waals surface area contributed by atoms with E-state index in [0.717, 1.165) is 22.1 Å². The smallest absolute Gasteiger partial charge is 0.273 e. The van der Waals surface area contributed by atoms with Gasteiger partial charge in [0.2, 0.25) is 0 Å². The first-order valence-electron chi connectivity index (χ1n) is 9.11. The van der Waals surface area contributed by atoms with Crippen molar-refractivity contribution in [1.29, 1.82) is 0 Å². The Kier molecular flexibility index (Phi) is 7.82. The maximum Gasteiger partial charge on any atom is 0.273 e. The molecule has 0 aliphatic heterocycles. The summed E-state index contributed by atoms with van der Waals surface area (Å²) in [5.74, 6) is 1.36. The number of thiophene rings is 1. The molecule has 2 aromatic carbocycles. The van der Waals surface area contributed by atoms with Crippen molar-refractivity contribution in [1.82, 2.24) is 5.32 Å². The molecule has 0 radical (unpaired) electrons. The predicted molar refractivity (Wildman–Crippen MR) is 126 cm³/mol. The van der Waals surface area contributed by atoms with Gasteiger partial charge in [-0.3, -0.25) is 9.10 Å². The van der Waals surface area contributed by atoms with Crippen LogP contribution in [0.1, 0.15) is 15.9 Å². The Hall–Kier alpha value is -2.00. The van der Waals surface area contributed by atoms with Gasteiger partial charge in [-0.15, -0.1) is 11.3 Å². The van der Waals surface area contributed by atoms with Crippen molar-refractivity contribution in [2.45, 2.75) is 9.96 Å². The highest BCUT2D eigenvalue weighted by molar-refractivity contribution is 7.98.